The Morgan fingerprint density at radius 2 is 2.24 bits per heavy atom. The number of carboxylic acids is 1. The summed E-state index contributed by atoms with van der Waals surface area (Å²) in [4.78, 5) is 24.2. The average molecular weight is 294 g/mol. The summed E-state index contributed by atoms with van der Waals surface area (Å²) in [6.07, 6.45) is 0.894. The average Bonchev–Trinajstić information content (AvgIpc) is 2.92. The predicted molar refractivity (Wildman–Crippen MR) is 75.6 cm³/mol. The van der Waals surface area contributed by atoms with Gasteiger partial charge in [-0.2, -0.15) is 0 Å². The number of aryl methyl sites for hydroxylation is 1. The highest BCUT2D eigenvalue weighted by Gasteiger charge is 2.30. The number of aliphatic carboxylic acids is 1. The minimum atomic E-state index is -0.868. The van der Waals surface area contributed by atoms with Crippen molar-refractivity contribution in [3.8, 4) is 0 Å². The lowest BCUT2D eigenvalue weighted by Crippen LogP contribution is -2.39. The smallest absolute Gasteiger partial charge is 0.317 e. The number of hydrogen-bond acceptors (Lipinski definition) is 2. The van der Waals surface area contributed by atoms with E-state index in [1.54, 1.807) is 12.1 Å². The molecule has 1 aromatic carbocycles. The zero-order valence-electron chi connectivity index (χ0n) is 11.9. The quantitative estimate of drug-likeness (QED) is 0.889. The van der Waals surface area contributed by atoms with Crippen molar-refractivity contribution in [3.63, 3.8) is 0 Å². The number of rotatable bonds is 4. The van der Waals surface area contributed by atoms with Crippen LogP contribution in [0.25, 0.3) is 0 Å². The highest BCUT2D eigenvalue weighted by atomic mass is 19.1. The van der Waals surface area contributed by atoms with Crippen LogP contribution >= 0.6 is 0 Å². The van der Waals surface area contributed by atoms with Gasteiger partial charge in [-0.1, -0.05) is 17.7 Å². The summed E-state index contributed by atoms with van der Waals surface area (Å²) in [5, 5.41) is 11.6. The van der Waals surface area contributed by atoms with Crippen molar-refractivity contribution >= 4 is 12.0 Å². The number of carbonyl (C=O) groups is 2. The zero-order chi connectivity index (χ0) is 15.4. The molecule has 5 nitrogen and oxygen atoms in total. The maximum absolute atomic E-state index is 13.5. The summed E-state index contributed by atoms with van der Waals surface area (Å²) in [5.74, 6) is -1.63. The maximum atomic E-state index is 13.5. The third-order valence-corrected chi connectivity index (χ3v) is 3.70. The molecule has 0 aliphatic carbocycles. The molecule has 0 bridgehead atoms. The molecule has 2 amide bonds. The van der Waals surface area contributed by atoms with Gasteiger partial charge in [0.1, 0.15) is 5.82 Å². The van der Waals surface area contributed by atoms with Gasteiger partial charge >= 0.3 is 12.0 Å². The maximum Gasteiger partial charge on any atom is 0.317 e. The van der Waals surface area contributed by atoms with Crippen LogP contribution in [0.2, 0.25) is 0 Å². The van der Waals surface area contributed by atoms with Crippen LogP contribution < -0.4 is 5.32 Å². The van der Waals surface area contributed by atoms with Gasteiger partial charge in [0, 0.05) is 19.6 Å². The molecular formula is C15H19FN2O3. The van der Waals surface area contributed by atoms with E-state index >= 15 is 0 Å². The first-order valence-electron chi connectivity index (χ1n) is 6.98. The summed E-state index contributed by atoms with van der Waals surface area (Å²) >= 11 is 0. The fourth-order valence-corrected chi connectivity index (χ4v) is 2.46. The molecule has 1 aromatic rings. The third kappa shape index (κ3) is 3.93. The SMILES string of the molecule is Cc1ccc(F)c(CCNC(=O)N2CCC(C(=O)O)C2)c1. The van der Waals surface area contributed by atoms with E-state index in [9.17, 15) is 14.0 Å². The van der Waals surface area contributed by atoms with E-state index in [4.69, 9.17) is 5.11 Å². The molecule has 1 aliphatic rings. The van der Waals surface area contributed by atoms with Crippen LogP contribution in [-0.2, 0) is 11.2 Å². The predicted octanol–water partition coefficient (Wildman–Crippen LogP) is 1.79. The van der Waals surface area contributed by atoms with Gasteiger partial charge in [-0.15, -0.1) is 0 Å². The standard InChI is InChI=1S/C15H19FN2O3/c1-10-2-3-13(16)11(8-10)4-6-17-15(21)18-7-5-12(9-18)14(19)20/h2-3,8,12H,4-7,9H2,1H3,(H,17,21)(H,19,20). The largest absolute Gasteiger partial charge is 0.481 e. The first kappa shape index (κ1) is 15.3. The van der Waals surface area contributed by atoms with E-state index in [2.05, 4.69) is 5.32 Å². The molecule has 1 unspecified atom stereocenters. The second-order valence-corrected chi connectivity index (χ2v) is 5.35. The van der Waals surface area contributed by atoms with Crippen LogP contribution in [0.15, 0.2) is 18.2 Å². The first-order valence-corrected chi connectivity index (χ1v) is 6.98. The molecule has 0 saturated carbocycles. The molecule has 1 atom stereocenters. The molecular weight excluding hydrogens is 275 g/mol. The minimum Gasteiger partial charge on any atom is -0.481 e. The Hall–Kier alpha value is -2.11. The van der Waals surface area contributed by atoms with E-state index < -0.39 is 11.9 Å². The molecule has 114 valence electrons. The van der Waals surface area contributed by atoms with Crippen LogP contribution in [0.4, 0.5) is 9.18 Å². The highest BCUT2D eigenvalue weighted by molar-refractivity contribution is 5.77. The summed E-state index contributed by atoms with van der Waals surface area (Å²) in [6, 6.07) is 4.60. The molecule has 1 saturated heterocycles. The number of nitrogens with zero attached hydrogens (tertiary/aromatic N) is 1. The van der Waals surface area contributed by atoms with Crippen molar-refractivity contribution in [2.75, 3.05) is 19.6 Å². The van der Waals surface area contributed by atoms with Crippen molar-refractivity contribution in [2.45, 2.75) is 19.8 Å². The lowest BCUT2D eigenvalue weighted by molar-refractivity contribution is -0.141. The molecule has 21 heavy (non-hydrogen) atoms. The fraction of sp³-hybridized carbons (Fsp3) is 0.467. The Morgan fingerprint density at radius 1 is 1.48 bits per heavy atom. The lowest BCUT2D eigenvalue weighted by atomic mass is 10.1. The van der Waals surface area contributed by atoms with Gasteiger partial charge in [-0.25, -0.2) is 9.18 Å². The zero-order valence-corrected chi connectivity index (χ0v) is 11.9. The fourth-order valence-electron chi connectivity index (χ4n) is 2.46. The molecule has 0 spiro atoms. The van der Waals surface area contributed by atoms with Crippen LogP contribution in [0.1, 0.15) is 17.5 Å². The molecule has 1 aliphatic heterocycles. The summed E-state index contributed by atoms with van der Waals surface area (Å²) < 4.78 is 13.5. The number of benzene rings is 1. The van der Waals surface area contributed by atoms with Gasteiger partial charge in [-0.05, 0) is 31.4 Å². The Morgan fingerprint density at radius 3 is 2.90 bits per heavy atom. The van der Waals surface area contributed by atoms with Gasteiger partial charge in [0.15, 0.2) is 0 Å². The molecule has 2 N–H and O–H groups in total. The number of urea groups is 1. The van der Waals surface area contributed by atoms with Crippen LogP contribution in [0, 0.1) is 18.7 Å². The molecule has 6 heteroatoms. The summed E-state index contributed by atoms with van der Waals surface area (Å²) in [7, 11) is 0. The van der Waals surface area contributed by atoms with Gasteiger partial charge in [0.25, 0.3) is 0 Å². The van der Waals surface area contributed by atoms with E-state index in [0.29, 0.717) is 31.5 Å². The second-order valence-electron chi connectivity index (χ2n) is 5.35. The van der Waals surface area contributed by atoms with Crippen LogP contribution in [0.5, 0.6) is 0 Å². The minimum absolute atomic E-state index is 0.236. The number of carbonyl (C=O) groups excluding carboxylic acids is 1. The summed E-state index contributed by atoms with van der Waals surface area (Å²) in [5.41, 5.74) is 1.54. The topological polar surface area (TPSA) is 69.6 Å². The lowest BCUT2D eigenvalue weighted by Gasteiger charge is -2.16. The Labute approximate surface area is 122 Å². The Kier molecular flexibility index (Phi) is 4.77. The van der Waals surface area contributed by atoms with Crippen LogP contribution in [0.3, 0.4) is 0 Å². The number of likely N-dealkylation sites (tertiary alicyclic amines) is 1. The van der Waals surface area contributed by atoms with E-state index in [0.717, 1.165) is 5.56 Å². The third-order valence-electron chi connectivity index (χ3n) is 3.70. The summed E-state index contributed by atoms with van der Waals surface area (Å²) in [6.45, 7) is 2.90. The van der Waals surface area contributed by atoms with E-state index in [1.807, 2.05) is 6.92 Å². The van der Waals surface area contributed by atoms with Crippen molar-refractivity contribution in [1.29, 1.82) is 0 Å². The van der Waals surface area contributed by atoms with Gasteiger partial charge in [0.05, 0.1) is 5.92 Å². The van der Waals surface area contributed by atoms with Gasteiger partial charge in [-0.3, -0.25) is 4.79 Å². The number of carboxylic acid groups (broad SMARTS) is 1. The van der Waals surface area contributed by atoms with Crippen molar-refractivity contribution in [3.05, 3.63) is 35.1 Å². The molecule has 1 heterocycles. The molecule has 0 aromatic heterocycles. The Balaban J connectivity index is 1.80. The van der Waals surface area contributed by atoms with Crippen molar-refractivity contribution in [2.24, 2.45) is 5.92 Å². The van der Waals surface area contributed by atoms with Gasteiger partial charge in [0.2, 0.25) is 0 Å². The molecule has 2 rings (SSSR count). The highest BCUT2D eigenvalue weighted by Crippen LogP contribution is 2.16. The second kappa shape index (κ2) is 6.56. The van der Waals surface area contributed by atoms with E-state index in [-0.39, 0.29) is 18.4 Å². The number of halogens is 1. The normalized spacial score (nSPS) is 17.8. The first-order chi connectivity index (χ1) is 9.97. The number of hydrogen-bond donors (Lipinski definition) is 2. The van der Waals surface area contributed by atoms with Crippen LogP contribution in [-0.4, -0.2) is 41.6 Å². The Bertz CT molecular complexity index is 548. The van der Waals surface area contributed by atoms with Crippen molar-refractivity contribution < 1.29 is 19.1 Å². The number of nitrogens with one attached hydrogen (secondary N) is 1. The van der Waals surface area contributed by atoms with E-state index in [1.165, 1.54) is 11.0 Å². The van der Waals surface area contributed by atoms with Gasteiger partial charge < -0.3 is 15.3 Å². The van der Waals surface area contributed by atoms with Crippen molar-refractivity contribution in [1.82, 2.24) is 10.2 Å². The monoisotopic (exact) mass is 294 g/mol. The molecule has 0 radical (unpaired) electrons. The molecule has 1 fully saturated rings. The number of amides is 2.